The SMILES string of the molecule is CCC(CC)n1ccc(CC(Cc2ccncc2)NN)n1. The minimum absolute atomic E-state index is 0.178. The first-order chi connectivity index (χ1) is 10.3. The van der Waals surface area contributed by atoms with Crippen LogP contribution in [-0.4, -0.2) is 20.8 Å². The molecule has 5 heteroatoms. The van der Waals surface area contributed by atoms with Crippen LogP contribution >= 0.6 is 0 Å². The molecule has 2 aromatic heterocycles. The van der Waals surface area contributed by atoms with Gasteiger partial charge in [-0.15, -0.1) is 0 Å². The summed E-state index contributed by atoms with van der Waals surface area (Å²) in [7, 11) is 0. The van der Waals surface area contributed by atoms with E-state index in [0.29, 0.717) is 6.04 Å². The molecule has 21 heavy (non-hydrogen) atoms. The molecule has 0 aliphatic heterocycles. The fourth-order valence-corrected chi connectivity index (χ4v) is 2.60. The van der Waals surface area contributed by atoms with E-state index in [0.717, 1.165) is 31.4 Å². The minimum Gasteiger partial charge on any atom is -0.271 e. The fraction of sp³-hybridized carbons (Fsp3) is 0.500. The highest BCUT2D eigenvalue weighted by Crippen LogP contribution is 2.15. The summed E-state index contributed by atoms with van der Waals surface area (Å²) in [5.74, 6) is 5.69. The van der Waals surface area contributed by atoms with E-state index in [4.69, 9.17) is 10.9 Å². The smallest absolute Gasteiger partial charge is 0.0640 e. The lowest BCUT2D eigenvalue weighted by Crippen LogP contribution is -2.38. The third-order valence-corrected chi connectivity index (χ3v) is 3.90. The molecule has 5 nitrogen and oxygen atoms in total. The highest BCUT2D eigenvalue weighted by Gasteiger charge is 2.13. The Labute approximate surface area is 126 Å². The number of aromatic nitrogens is 3. The van der Waals surface area contributed by atoms with E-state index in [-0.39, 0.29) is 6.04 Å². The van der Waals surface area contributed by atoms with Crippen molar-refractivity contribution in [3.05, 3.63) is 48.0 Å². The molecule has 0 aliphatic rings. The monoisotopic (exact) mass is 287 g/mol. The Morgan fingerprint density at radius 3 is 2.48 bits per heavy atom. The lowest BCUT2D eigenvalue weighted by Gasteiger charge is -2.15. The van der Waals surface area contributed by atoms with Gasteiger partial charge >= 0.3 is 0 Å². The van der Waals surface area contributed by atoms with E-state index in [1.54, 1.807) is 0 Å². The van der Waals surface area contributed by atoms with Gasteiger partial charge in [-0.2, -0.15) is 5.10 Å². The molecule has 1 unspecified atom stereocenters. The minimum atomic E-state index is 0.178. The van der Waals surface area contributed by atoms with Crippen LogP contribution < -0.4 is 11.3 Å². The Balaban J connectivity index is 1.99. The van der Waals surface area contributed by atoms with Crippen LogP contribution in [0.25, 0.3) is 0 Å². The maximum atomic E-state index is 5.69. The Morgan fingerprint density at radius 1 is 1.14 bits per heavy atom. The van der Waals surface area contributed by atoms with Gasteiger partial charge in [0.15, 0.2) is 0 Å². The average molecular weight is 287 g/mol. The number of nitrogens with zero attached hydrogens (tertiary/aromatic N) is 3. The Kier molecular flexibility index (Phi) is 5.90. The van der Waals surface area contributed by atoms with Crippen LogP contribution in [0.5, 0.6) is 0 Å². The first-order valence-corrected chi connectivity index (χ1v) is 7.65. The zero-order valence-electron chi connectivity index (χ0n) is 12.9. The summed E-state index contributed by atoms with van der Waals surface area (Å²) in [6, 6.07) is 6.80. The average Bonchev–Trinajstić information content (AvgIpc) is 2.97. The van der Waals surface area contributed by atoms with Crippen LogP contribution in [0.2, 0.25) is 0 Å². The van der Waals surface area contributed by atoms with Crippen molar-refractivity contribution >= 4 is 0 Å². The first-order valence-electron chi connectivity index (χ1n) is 7.65. The predicted octanol–water partition coefficient (Wildman–Crippen LogP) is 2.26. The molecule has 0 saturated carbocycles. The number of hydrogen-bond donors (Lipinski definition) is 2. The van der Waals surface area contributed by atoms with Crippen LogP contribution in [0.4, 0.5) is 0 Å². The molecule has 0 aromatic carbocycles. The third-order valence-electron chi connectivity index (χ3n) is 3.90. The van der Waals surface area contributed by atoms with Crippen LogP contribution in [0.1, 0.15) is 44.0 Å². The molecule has 0 fully saturated rings. The summed E-state index contributed by atoms with van der Waals surface area (Å²) in [6.45, 7) is 4.40. The number of hydrazine groups is 1. The van der Waals surface area contributed by atoms with Crippen LogP contribution in [0.15, 0.2) is 36.8 Å². The number of nitrogens with one attached hydrogen (secondary N) is 1. The molecule has 1 atom stereocenters. The second-order valence-electron chi connectivity index (χ2n) is 5.38. The summed E-state index contributed by atoms with van der Waals surface area (Å²) in [4.78, 5) is 4.04. The summed E-state index contributed by atoms with van der Waals surface area (Å²) in [6.07, 6.45) is 9.60. The molecule has 3 N–H and O–H groups in total. The Morgan fingerprint density at radius 2 is 1.86 bits per heavy atom. The topological polar surface area (TPSA) is 68.8 Å². The van der Waals surface area contributed by atoms with E-state index in [1.807, 2.05) is 24.5 Å². The lowest BCUT2D eigenvalue weighted by atomic mass is 10.0. The molecule has 0 bridgehead atoms. The van der Waals surface area contributed by atoms with Crippen molar-refractivity contribution in [3.63, 3.8) is 0 Å². The molecular weight excluding hydrogens is 262 g/mol. The van der Waals surface area contributed by atoms with Crippen LogP contribution in [0, 0.1) is 0 Å². The largest absolute Gasteiger partial charge is 0.271 e. The molecule has 2 rings (SSSR count). The molecule has 0 spiro atoms. The predicted molar refractivity (Wildman–Crippen MR) is 84.6 cm³/mol. The first kappa shape index (κ1) is 15.7. The second-order valence-corrected chi connectivity index (χ2v) is 5.38. The normalized spacial score (nSPS) is 12.8. The third kappa shape index (κ3) is 4.37. The standard InChI is InChI=1S/C16H25N5/c1-3-16(4-2)21-10-7-14(20-21)12-15(19-17)11-13-5-8-18-9-6-13/h5-10,15-16,19H,3-4,11-12,17H2,1-2H3. The Hall–Kier alpha value is -1.72. The van der Waals surface area contributed by atoms with Gasteiger partial charge in [-0.25, -0.2) is 0 Å². The van der Waals surface area contributed by atoms with Crippen molar-refractivity contribution in [2.45, 2.75) is 51.6 Å². The van der Waals surface area contributed by atoms with E-state index in [9.17, 15) is 0 Å². The van der Waals surface area contributed by atoms with E-state index in [2.05, 4.69) is 41.2 Å². The van der Waals surface area contributed by atoms with Gasteiger partial charge in [0.2, 0.25) is 0 Å². The lowest BCUT2D eigenvalue weighted by molar-refractivity contribution is 0.421. The molecule has 2 aromatic rings. The summed E-state index contributed by atoms with van der Waals surface area (Å²) in [5.41, 5.74) is 5.21. The quantitative estimate of drug-likeness (QED) is 0.577. The van der Waals surface area contributed by atoms with Crippen molar-refractivity contribution in [2.75, 3.05) is 0 Å². The van der Waals surface area contributed by atoms with Gasteiger partial charge in [0, 0.05) is 31.1 Å². The zero-order chi connectivity index (χ0) is 15.1. The maximum Gasteiger partial charge on any atom is 0.0640 e. The van der Waals surface area contributed by atoms with Crippen molar-refractivity contribution in [1.29, 1.82) is 0 Å². The number of rotatable bonds is 8. The molecule has 0 radical (unpaired) electrons. The highest BCUT2D eigenvalue weighted by atomic mass is 15.3. The van der Waals surface area contributed by atoms with Crippen molar-refractivity contribution in [1.82, 2.24) is 20.2 Å². The van der Waals surface area contributed by atoms with Crippen LogP contribution in [0.3, 0.4) is 0 Å². The van der Waals surface area contributed by atoms with Crippen molar-refractivity contribution in [3.8, 4) is 0 Å². The highest BCUT2D eigenvalue weighted by molar-refractivity contribution is 5.13. The number of hydrogen-bond acceptors (Lipinski definition) is 4. The van der Waals surface area contributed by atoms with Gasteiger partial charge in [-0.05, 0) is 43.0 Å². The molecule has 0 aliphatic carbocycles. The number of nitrogens with two attached hydrogens (primary N) is 1. The van der Waals surface area contributed by atoms with Gasteiger partial charge in [0.25, 0.3) is 0 Å². The molecule has 0 saturated heterocycles. The molecule has 0 amide bonds. The summed E-state index contributed by atoms with van der Waals surface area (Å²) >= 11 is 0. The zero-order valence-corrected chi connectivity index (χ0v) is 12.9. The number of pyridine rings is 1. The van der Waals surface area contributed by atoms with Crippen molar-refractivity contribution in [2.24, 2.45) is 5.84 Å². The fourth-order valence-electron chi connectivity index (χ4n) is 2.60. The second kappa shape index (κ2) is 7.90. The molecule has 114 valence electrons. The Bertz CT molecular complexity index is 518. The van der Waals surface area contributed by atoms with Crippen molar-refractivity contribution < 1.29 is 0 Å². The van der Waals surface area contributed by atoms with Gasteiger partial charge in [-0.3, -0.25) is 20.9 Å². The molecule has 2 heterocycles. The molecular formula is C16H25N5. The van der Waals surface area contributed by atoms with Gasteiger partial charge < -0.3 is 0 Å². The van der Waals surface area contributed by atoms with Gasteiger partial charge in [0.1, 0.15) is 0 Å². The summed E-state index contributed by atoms with van der Waals surface area (Å²) < 4.78 is 2.08. The van der Waals surface area contributed by atoms with E-state index in [1.165, 1.54) is 5.56 Å². The van der Waals surface area contributed by atoms with Gasteiger partial charge in [0.05, 0.1) is 11.7 Å². The summed E-state index contributed by atoms with van der Waals surface area (Å²) in [5, 5.41) is 4.69. The maximum absolute atomic E-state index is 5.69. The van der Waals surface area contributed by atoms with E-state index < -0.39 is 0 Å². The van der Waals surface area contributed by atoms with E-state index >= 15 is 0 Å². The van der Waals surface area contributed by atoms with Gasteiger partial charge in [-0.1, -0.05) is 13.8 Å². The van der Waals surface area contributed by atoms with Crippen LogP contribution in [-0.2, 0) is 12.8 Å².